The maximum absolute atomic E-state index is 5.78. The molecule has 22 heavy (non-hydrogen) atoms. The Morgan fingerprint density at radius 1 is 1.00 bits per heavy atom. The van der Waals surface area contributed by atoms with Gasteiger partial charge in [-0.05, 0) is 41.7 Å². The van der Waals surface area contributed by atoms with E-state index in [0.717, 1.165) is 38.3 Å². The van der Waals surface area contributed by atoms with E-state index in [1.165, 1.54) is 16.7 Å². The first kappa shape index (κ1) is 15.1. The van der Waals surface area contributed by atoms with Crippen LogP contribution in [0.4, 0.5) is 0 Å². The molecule has 1 fully saturated rings. The van der Waals surface area contributed by atoms with Gasteiger partial charge in [-0.15, -0.1) is 0 Å². The Morgan fingerprint density at radius 2 is 1.64 bits per heavy atom. The van der Waals surface area contributed by atoms with Crippen molar-refractivity contribution in [2.75, 3.05) is 26.8 Å². The van der Waals surface area contributed by atoms with Gasteiger partial charge in [0.1, 0.15) is 5.75 Å². The lowest BCUT2D eigenvalue weighted by atomic mass is 10.0. The van der Waals surface area contributed by atoms with Crippen LogP contribution in [0.1, 0.15) is 22.8 Å². The molecule has 3 heteroatoms. The lowest BCUT2D eigenvalue weighted by molar-refractivity contribution is 0.0277. The highest BCUT2D eigenvalue weighted by molar-refractivity contribution is 5.29. The summed E-state index contributed by atoms with van der Waals surface area (Å²) in [6.07, 6.45) is 2.30. The molecule has 0 aromatic heterocycles. The van der Waals surface area contributed by atoms with Crippen LogP contribution in [0, 0.1) is 0 Å². The molecule has 0 aliphatic carbocycles. The van der Waals surface area contributed by atoms with Crippen molar-refractivity contribution in [3.05, 3.63) is 65.2 Å². The lowest BCUT2D eigenvalue weighted by Gasteiger charge is -2.24. The van der Waals surface area contributed by atoms with Gasteiger partial charge < -0.3 is 14.8 Å². The number of aryl methyl sites for hydroxylation is 2. The maximum atomic E-state index is 5.78. The average Bonchev–Trinajstić information content (AvgIpc) is 2.61. The fourth-order valence-electron chi connectivity index (χ4n) is 2.76. The Hall–Kier alpha value is -1.84. The average molecular weight is 297 g/mol. The molecule has 1 aliphatic rings. The number of rotatable bonds is 5. The third-order valence-electron chi connectivity index (χ3n) is 4.14. The number of methoxy groups -OCH3 is 1. The van der Waals surface area contributed by atoms with E-state index in [9.17, 15) is 0 Å². The van der Waals surface area contributed by atoms with Gasteiger partial charge in [-0.1, -0.05) is 36.4 Å². The Morgan fingerprint density at radius 3 is 2.18 bits per heavy atom. The molecule has 1 aliphatic heterocycles. The predicted octanol–water partition coefficient (Wildman–Crippen LogP) is 3.14. The van der Waals surface area contributed by atoms with Crippen LogP contribution in [0.25, 0.3) is 0 Å². The van der Waals surface area contributed by atoms with Crippen LogP contribution in [0.3, 0.4) is 0 Å². The molecule has 0 spiro atoms. The van der Waals surface area contributed by atoms with Crippen molar-refractivity contribution in [3.8, 4) is 5.75 Å². The number of ether oxygens (including phenoxy) is 2. The molecule has 1 saturated heterocycles. The summed E-state index contributed by atoms with van der Waals surface area (Å²) in [6, 6.07) is 17.1. The van der Waals surface area contributed by atoms with E-state index in [1.807, 2.05) is 12.1 Å². The van der Waals surface area contributed by atoms with E-state index in [4.69, 9.17) is 9.47 Å². The Kier molecular flexibility index (Phi) is 5.09. The van der Waals surface area contributed by atoms with Crippen LogP contribution in [-0.4, -0.2) is 26.8 Å². The standard InChI is InChI=1S/C19H23NO2/c1-21-18-10-6-16(7-11-18)3-2-15-4-8-17(9-5-15)19-14-20-12-13-22-19/h4-11,19-20H,2-3,12-14H2,1H3/t19-/m1/s1. The summed E-state index contributed by atoms with van der Waals surface area (Å²) in [5, 5.41) is 3.37. The molecule has 2 aromatic carbocycles. The number of morpholine rings is 1. The first-order valence-electron chi connectivity index (χ1n) is 7.89. The van der Waals surface area contributed by atoms with Crippen molar-refractivity contribution >= 4 is 0 Å². The smallest absolute Gasteiger partial charge is 0.118 e. The first-order chi connectivity index (χ1) is 10.8. The highest BCUT2D eigenvalue weighted by atomic mass is 16.5. The van der Waals surface area contributed by atoms with Crippen molar-refractivity contribution in [1.29, 1.82) is 0 Å². The molecule has 0 unspecified atom stereocenters. The summed E-state index contributed by atoms with van der Waals surface area (Å²) in [5.41, 5.74) is 3.97. The minimum absolute atomic E-state index is 0.199. The van der Waals surface area contributed by atoms with E-state index < -0.39 is 0 Å². The second-order valence-corrected chi connectivity index (χ2v) is 5.65. The zero-order valence-electron chi connectivity index (χ0n) is 13.0. The van der Waals surface area contributed by atoms with Gasteiger partial charge >= 0.3 is 0 Å². The molecule has 0 saturated carbocycles. The van der Waals surface area contributed by atoms with Gasteiger partial charge in [-0.2, -0.15) is 0 Å². The van der Waals surface area contributed by atoms with Crippen molar-refractivity contribution in [2.24, 2.45) is 0 Å². The molecule has 0 amide bonds. The van der Waals surface area contributed by atoms with Gasteiger partial charge in [-0.25, -0.2) is 0 Å². The summed E-state index contributed by atoms with van der Waals surface area (Å²) >= 11 is 0. The van der Waals surface area contributed by atoms with Crippen molar-refractivity contribution in [1.82, 2.24) is 5.32 Å². The Balaban J connectivity index is 1.56. The molecule has 1 N–H and O–H groups in total. The zero-order chi connectivity index (χ0) is 15.2. The fourth-order valence-corrected chi connectivity index (χ4v) is 2.76. The minimum atomic E-state index is 0.199. The molecular weight excluding hydrogens is 274 g/mol. The van der Waals surface area contributed by atoms with E-state index >= 15 is 0 Å². The maximum Gasteiger partial charge on any atom is 0.118 e. The molecule has 3 rings (SSSR count). The van der Waals surface area contributed by atoms with Crippen molar-refractivity contribution < 1.29 is 9.47 Å². The predicted molar refractivity (Wildman–Crippen MR) is 88.4 cm³/mol. The van der Waals surface area contributed by atoms with Crippen molar-refractivity contribution in [2.45, 2.75) is 18.9 Å². The quantitative estimate of drug-likeness (QED) is 0.919. The summed E-state index contributed by atoms with van der Waals surface area (Å²) in [7, 11) is 1.70. The third-order valence-corrected chi connectivity index (χ3v) is 4.14. The number of benzene rings is 2. The van der Waals surface area contributed by atoms with E-state index in [1.54, 1.807) is 7.11 Å². The summed E-state index contributed by atoms with van der Waals surface area (Å²) < 4.78 is 11.0. The number of hydrogen-bond donors (Lipinski definition) is 1. The molecule has 116 valence electrons. The third kappa shape index (κ3) is 3.87. The van der Waals surface area contributed by atoms with Gasteiger partial charge in [0.2, 0.25) is 0 Å². The van der Waals surface area contributed by atoms with E-state index in [2.05, 4.69) is 41.7 Å². The molecule has 1 atom stereocenters. The van der Waals surface area contributed by atoms with Crippen LogP contribution in [-0.2, 0) is 17.6 Å². The van der Waals surface area contributed by atoms with Gasteiger partial charge in [0.15, 0.2) is 0 Å². The summed E-state index contributed by atoms with van der Waals surface area (Å²) in [6.45, 7) is 2.66. The highest BCUT2D eigenvalue weighted by Crippen LogP contribution is 2.20. The second-order valence-electron chi connectivity index (χ2n) is 5.65. The van der Waals surface area contributed by atoms with Crippen LogP contribution in [0.15, 0.2) is 48.5 Å². The van der Waals surface area contributed by atoms with Gasteiger partial charge in [-0.3, -0.25) is 0 Å². The second kappa shape index (κ2) is 7.43. The minimum Gasteiger partial charge on any atom is -0.497 e. The Labute approximate surface area is 132 Å². The van der Waals surface area contributed by atoms with Crippen LogP contribution in [0.2, 0.25) is 0 Å². The monoisotopic (exact) mass is 297 g/mol. The Bertz CT molecular complexity index is 571. The molecule has 2 aromatic rings. The van der Waals surface area contributed by atoms with Gasteiger partial charge in [0.05, 0.1) is 19.8 Å². The van der Waals surface area contributed by atoms with E-state index in [0.29, 0.717) is 0 Å². The number of nitrogens with one attached hydrogen (secondary N) is 1. The topological polar surface area (TPSA) is 30.5 Å². The van der Waals surface area contributed by atoms with Gasteiger partial charge in [0, 0.05) is 13.1 Å². The molecule has 0 bridgehead atoms. The van der Waals surface area contributed by atoms with Crippen LogP contribution >= 0.6 is 0 Å². The van der Waals surface area contributed by atoms with Crippen LogP contribution < -0.4 is 10.1 Å². The van der Waals surface area contributed by atoms with Crippen LogP contribution in [0.5, 0.6) is 5.75 Å². The molecular formula is C19H23NO2. The molecule has 0 radical (unpaired) electrons. The van der Waals surface area contributed by atoms with Gasteiger partial charge in [0.25, 0.3) is 0 Å². The first-order valence-corrected chi connectivity index (χ1v) is 7.89. The fraction of sp³-hybridized carbons (Fsp3) is 0.368. The SMILES string of the molecule is COc1ccc(CCc2ccc([C@H]3CNCCO3)cc2)cc1. The number of hydrogen-bond acceptors (Lipinski definition) is 3. The molecule has 1 heterocycles. The van der Waals surface area contributed by atoms with Crippen molar-refractivity contribution in [3.63, 3.8) is 0 Å². The lowest BCUT2D eigenvalue weighted by Crippen LogP contribution is -2.33. The zero-order valence-corrected chi connectivity index (χ0v) is 13.0. The normalized spacial score (nSPS) is 18.1. The van der Waals surface area contributed by atoms with E-state index in [-0.39, 0.29) is 6.10 Å². The highest BCUT2D eigenvalue weighted by Gasteiger charge is 2.14. The summed E-state index contributed by atoms with van der Waals surface area (Å²) in [5.74, 6) is 0.911. The summed E-state index contributed by atoms with van der Waals surface area (Å²) in [4.78, 5) is 0. The largest absolute Gasteiger partial charge is 0.497 e. The molecule has 3 nitrogen and oxygen atoms in total.